The molecule has 1 aromatic rings. The molecule has 0 amide bonds. The van der Waals surface area contributed by atoms with E-state index in [1.54, 1.807) is 6.08 Å². The number of hydrogen-bond donors (Lipinski definition) is 0. The smallest absolute Gasteiger partial charge is 0.166 e. The summed E-state index contributed by atoms with van der Waals surface area (Å²) in [4.78, 5) is 0. The number of rotatable bonds is 2. The summed E-state index contributed by atoms with van der Waals surface area (Å²) in [6.45, 7) is 3.98. The summed E-state index contributed by atoms with van der Waals surface area (Å²) in [5.41, 5.74) is -0.123. The van der Waals surface area contributed by atoms with E-state index >= 15 is 0 Å². The van der Waals surface area contributed by atoms with E-state index in [1.165, 1.54) is 12.1 Å². The number of alkyl halides is 3. The Labute approximate surface area is 97.7 Å². The number of benzene rings is 1. The van der Waals surface area contributed by atoms with Gasteiger partial charge in [-0.1, -0.05) is 43.7 Å². The summed E-state index contributed by atoms with van der Waals surface area (Å²) in [6.07, 6.45) is -0.729. The lowest BCUT2D eigenvalue weighted by Gasteiger charge is -2.09. The monoisotopic (exact) mass is 248 g/mol. The second-order valence-electron chi connectivity index (χ2n) is 3.84. The lowest BCUT2D eigenvalue weighted by atomic mass is 10.1. The van der Waals surface area contributed by atoms with Crippen molar-refractivity contribution in [3.63, 3.8) is 0 Å². The zero-order valence-electron chi connectivity index (χ0n) is 8.98. The van der Waals surface area contributed by atoms with E-state index in [9.17, 15) is 13.2 Å². The predicted octanol–water partition coefficient (Wildman–Crippen LogP) is 5.03. The molecule has 16 heavy (non-hydrogen) atoms. The van der Waals surface area contributed by atoms with Gasteiger partial charge in [0.25, 0.3) is 0 Å². The average molecular weight is 249 g/mol. The highest BCUT2D eigenvalue weighted by molar-refractivity contribution is 6.31. The van der Waals surface area contributed by atoms with Gasteiger partial charge < -0.3 is 0 Å². The molecule has 0 nitrogen and oxygen atoms in total. The molecular formula is C12H12ClF3. The van der Waals surface area contributed by atoms with Gasteiger partial charge in [0.2, 0.25) is 0 Å². The fourth-order valence-electron chi connectivity index (χ4n) is 1.17. The maximum absolute atomic E-state index is 12.4. The molecule has 0 aliphatic heterocycles. The first kappa shape index (κ1) is 13.1. The van der Waals surface area contributed by atoms with E-state index in [0.717, 1.165) is 6.07 Å². The molecule has 0 aromatic heterocycles. The van der Waals surface area contributed by atoms with Gasteiger partial charge >= 0.3 is 6.18 Å². The van der Waals surface area contributed by atoms with Crippen molar-refractivity contribution in [1.29, 1.82) is 0 Å². The van der Waals surface area contributed by atoms with Gasteiger partial charge in [-0.2, -0.15) is 13.2 Å². The van der Waals surface area contributed by atoms with Crippen molar-refractivity contribution in [3.8, 4) is 0 Å². The van der Waals surface area contributed by atoms with Crippen molar-refractivity contribution in [2.24, 2.45) is 5.92 Å². The highest BCUT2D eigenvalue weighted by Gasteiger charge is 2.32. The Hall–Kier alpha value is -0.960. The molecule has 0 saturated heterocycles. The Morgan fingerprint density at radius 2 is 1.88 bits per heavy atom. The van der Waals surface area contributed by atoms with Crippen LogP contribution in [-0.4, -0.2) is 0 Å². The second-order valence-corrected chi connectivity index (χ2v) is 4.25. The third-order valence-corrected chi connectivity index (χ3v) is 2.28. The van der Waals surface area contributed by atoms with Gasteiger partial charge in [-0.3, -0.25) is 0 Å². The van der Waals surface area contributed by atoms with E-state index in [2.05, 4.69) is 0 Å². The van der Waals surface area contributed by atoms with Gasteiger partial charge in [0.05, 0.1) is 10.6 Å². The fraction of sp³-hybridized carbons (Fsp3) is 0.333. The molecule has 88 valence electrons. The minimum Gasteiger partial charge on any atom is -0.166 e. The lowest BCUT2D eigenvalue weighted by Crippen LogP contribution is -2.05. The van der Waals surface area contributed by atoms with Crippen LogP contribution in [-0.2, 0) is 6.18 Å². The summed E-state index contributed by atoms with van der Waals surface area (Å²) in [5, 5.41) is -0.265. The summed E-state index contributed by atoms with van der Waals surface area (Å²) in [5.74, 6) is 0.348. The van der Waals surface area contributed by atoms with Crippen molar-refractivity contribution in [3.05, 3.63) is 40.4 Å². The van der Waals surface area contributed by atoms with Crippen LogP contribution in [0.2, 0.25) is 5.02 Å². The lowest BCUT2D eigenvalue weighted by molar-refractivity contribution is -0.137. The summed E-state index contributed by atoms with van der Waals surface area (Å²) in [7, 11) is 0. The largest absolute Gasteiger partial charge is 0.417 e. The number of allylic oxidation sites excluding steroid dienone is 1. The normalized spacial score (nSPS) is 12.7. The van der Waals surface area contributed by atoms with E-state index < -0.39 is 11.7 Å². The van der Waals surface area contributed by atoms with Crippen molar-refractivity contribution >= 4 is 17.7 Å². The first-order chi connectivity index (χ1) is 7.30. The Morgan fingerprint density at radius 3 is 2.31 bits per heavy atom. The van der Waals surface area contributed by atoms with Gasteiger partial charge in [-0.15, -0.1) is 0 Å². The zero-order valence-corrected chi connectivity index (χ0v) is 9.73. The summed E-state index contributed by atoms with van der Waals surface area (Å²) >= 11 is 5.58. The molecule has 1 aromatic carbocycles. The second kappa shape index (κ2) is 4.91. The molecule has 0 aliphatic rings. The highest BCUT2D eigenvalue weighted by Crippen LogP contribution is 2.35. The molecular weight excluding hydrogens is 237 g/mol. The standard InChI is InChI=1S/C12H12ClF3/c1-8(2)3-4-9-5-6-10(11(13)7-9)12(14,15)16/h3-8H,1-2H3/b4-3+. The Kier molecular flexibility index (Phi) is 4.03. The zero-order chi connectivity index (χ0) is 12.3. The van der Waals surface area contributed by atoms with Crippen LogP contribution in [0.4, 0.5) is 13.2 Å². The Balaban J connectivity index is 3.00. The van der Waals surface area contributed by atoms with E-state index in [4.69, 9.17) is 11.6 Å². The third-order valence-electron chi connectivity index (χ3n) is 1.97. The van der Waals surface area contributed by atoms with Crippen molar-refractivity contribution in [1.82, 2.24) is 0 Å². The first-order valence-electron chi connectivity index (χ1n) is 4.85. The van der Waals surface area contributed by atoms with Gasteiger partial charge in [-0.25, -0.2) is 0 Å². The van der Waals surface area contributed by atoms with Gasteiger partial charge in [0, 0.05) is 0 Å². The molecule has 0 radical (unpaired) electrons. The molecule has 0 fully saturated rings. The van der Waals surface area contributed by atoms with E-state index in [1.807, 2.05) is 19.9 Å². The number of halogens is 4. The van der Waals surface area contributed by atoms with Crippen molar-refractivity contribution in [2.75, 3.05) is 0 Å². The molecule has 0 heterocycles. The Bertz CT molecular complexity index is 392. The SMILES string of the molecule is CC(C)/C=C/c1ccc(C(F)(F)F)c(Cl)c1. The van der Waals surface area contributed by atoms with Crippen LogP contribution in [0.1, 0.15) is 25.0 Å². The van der Waals surface area contributed by atoms with Gasteiger partial charge in [-0.05, 0) is 23.6 Å². The molecule has 0 N–H and O–H groups in total. The average Bonchev–Trinajstić information content (AvgIpc) is 2.12. The topological polar surface area (TPSA) is 0 Å². The molecule has 0 atom stereocenters. The highest BCUT2D eigenvalue weighted by atomic mass is 35.5. The predicted molar refractivity (Wildman–Crippen MR) is 60.3 cm³/mol. The molecule has 0 saturated carbocycles. The molecule has 0 spiro atoms. The van der Waals surface area contributed by atoms with Crippen LogP contribution >= 0.6 is 11.6 Å². The summed E-state index contributed by atoms with van der Waals surface area (Å²) in [6, 6.07) is 3.74. The molecule has 1 rings (SSSR count). The van der Waals surface area contributed by atoms with Crippen LogP contribution in [0.5, 0.6) is 0 Å². The Morgan fingerprint density at radius 1 is 1.25 bits per heavy atom. The molecule has 0 aliphatic carbocycles. The fourth-order valence-corrected chi connectivity index (χ4v) is 1.46. The molecule has 0 unspecified atom stereocenters. The quantitative estimate of drug-likeness (QED) is 0.689. The first-order valence-corrected chi connectivity index (χ1v) is 5.23. The van der Waals surface area contributed by atoms with E-state index in [-0.39, 0.29) is 5.02 Å². The van der Waals surface area contributed by atoms with Crippen LogP contribution in [0.15, 0.2) is 24.3 Å². The van der Waals surface area contributed by atoms with Crippen molar-refractivity contribution < 1.29 is 13.2 Å². The number of hydrogen-bond acceptors (Lipinski definition) is 0. The van der Waals surface area contributed by atoms with E-state index in [0.29, 0.717) is 11.5 Å². The van der Waals surface area contributed by atoms with Gasteiger partial charge in [0.15, 0.2) is 0 Å². The van der Waals surface area contributed by atoms with Gasteiger partial charge in [0.1, 0.15) is 0 Å². The summed E-state index contributed by atoms with van der Waals surface area (Å²) < 4.78 is 37.2. The minimum absolute atomic E-state index is 0.265. The maximum atomic E-state index is 12.4. The minimum atomic E-state index is -4.39. The van der Waals surface area contributed by atoms with Crippen LogP contribution in [0, 0.1) is 5.92 Å². The van der Waals surface area contributed by atoms with Crippen LogP contribution in [0.3, 0.4) is 0 Å². The third kappa shape index (κ3) is 3.56. The van der Waals surface area contributed by atoms with Crippen molar-refractivity contribution in [2.45, 2.75) is 20.0 Å². The molecule has 4 heteroatoms. The molecule has 0 bridgehead atoms. The van der Waals surface area contributed by atoms with Crippen LogP contribution in [0.25, 0.3) is 6.08 Å². The van der Waals surface area contributed by atoms with Crippen LogP contribution < -0.4 is 0 Å². The maximum Gasteiger partial charge on any atom is 0.417 e.